The van der Waals surface area contributed by atoms with Gasteiger partial charge in [-0.25, -0.2) is 0 Å². The fourth-order valence-electron chi connectivity index (χ4n) is 0.806. The fourth-order valence-corrected chi connectivity index (χ4v) is 1.03. The Morgan fingerprint density at radius 2 is 1.92 bits per heavy atom. The Labute approximate surface area is 88.6 Å². The van der Waals surface area contributed by atoms with Gasteiger partial charge in [-0.05, 0) is 29.3 Å². The van der Waals surface area contributed by atoms with E-state index in [1.807, 2.05) is 20.8 Å². The molecule has 3 heteroatoms. The van der Waals surface area contributed by atoms with Crippen LogP contribution >= 0.6 is 15.9 Å². The second-order valence-corrected chi connectivity index (χ2v) is 4.10. The van der Waals surface area contributed by atoms with Gasteiger partial charge in [-0.2, -0.15) is 0 Å². The van der Waals surface area contributed by atoms with Gasteiger partial charge in [0.05, 0.1) is 11.4 Å². The molecule has 74 valence electrons. The van der Waals surface area contributed by atoms with Crippen molar-refractivity contribution in [2.75, 3.05) is 0 Å². The lowest BCUT2D eigenvalue weighted by Gasteiger charge is -2.09. The van der Waals surface area contributed by atoms with Crippen LogP contribution < -0.4 is 0 Å². The fraction of sp³-hybridized carbons (Fsp3) is 0.600. The Bertz CT molecular complexity index is 231. The van der Waals surface area contributed by atoms with Crippen LogP contribution in [0.2, 0.25) is 0 Å². The van der Waals surface area contributed by atoms with E-state index in [0.717, 1.165) is 17.3 Å². The highest BCUT2D eigenvalue weighted by Crippen LogP contribution is 2.11. The molecule has 0 aromatic rings. The summed E-state index contributed by atoms with van der Waals surface area (Å²) in [5.74, 6) is 0.181. The predicted molar refractivity (Wildman–Crippen MR) is 62.2 cm³/mol. The Balaban J connectivity index is 4.36. The summed E-state index contributed by atoms with van der Waals surface area (Å²) in [4.78, 5) is 0. The average Bonchev–Trinajstić information content (AvgIpc) is 2.14. The summed E-state index contributed by atoms with van der Waals surface area (Å²) in [5, 5.41) is 15.3. The Kier molecular flexibility index (Phi) is 5.88. The van der Waals surface area contributed by atoms with E-state index < -0.39 is 0 Å². The van der Waals surface area contributed by atoms with Crippen LogP contribution in [0.25, 0.3) is 0 Å². The molecule has 0 bridgehead atoms. The van der Waals surface area contributed by atoms with Crippen LogP contribution in [0, 0.1) is 16.7 Å². The standard InChI is InChI=1S/C10H17BrN2/c1-4-7(3)10(13)9(12)6-8(11)5-2/h6-7,12-13H,4-5H2,1-3H3/b8-6+,12-9?,13-10?. The Hall–Kier alpha value is -0.440. The number of nitrogens with one attached hydrogen (secondary N) is 2. The van der Waals surface area contributed by atoms with E-state index in [9.17, 15) is 0 Å². The third-order valence-electron chi connectivity index (χ3n) is 2.03. The van der Waals surface area contributed by atoms with Crippen LogP contribution in [-0.2, 0) is 0 Å². The molecule has 13 heavy (non-hydrogen) atoms. The maximum Gasteiger partial charge on any atom is 0.0758 e. The zero-order chi connectivity index (χ0) is 10.4. The smallest absolute Gasteiger partial charge is 0.0758 e. The highest BCUT2D eigenvalue weighted by Gasteiger charge is 2.09. The molecular formula is C10H17BrN2. The molecule has 0 saturated carbocycles. The molecule has 0 fully saturated rings. The van der Waals surface area contributed by atoms with Crippen LogP contribution in [0.4, 0.5) is 0 Å². The van der Waals surface area contributed by atoms with Crippen LogP contribution in [0.1, 0.15) is 33.6 Å². The van der Waals surface area contributed by atoms with E-state index in [2.05, 4.69) is 15.9 Å². The van der Waals surface area contributed by atoms with Crippen molar-refractivity contribution in [3.63, 3.8) is 0 Å². The van der Waals surface area contributed by atoms with Crippen molar-refractivity contribution in [3.8, 4) is 0 Å². The van der Waals surface area contributed by atoms with Gasteiger partial charge in [-0.1, -0.05) is 36.7 Å². The first-order valence-electron chi connectivity index (χ1n) is 4.56. The van der Waals surface area contributed by atoms with Gasteiger partial charge in [-0.3, -0.25) is 5.41 Å². The largest absolute Gasteiger partial charge is 0.303 e. The molecule has 0 aromatic carbocycles. The lowest BCUT2D eigenvalue weighted by molar-refractivity contribution is 0.742. The number of halogens is 1. The topological polar surface area (TPSA) is 47.7 Å². The lowest BCUT2D eigenvalue weighted by atomic mass is 9.98. The van der Waals surface area contributed by atoms with Crippen molar-refractivity contribution in [1.82, 2.24) is 0 Å². The minimum atomic E-state index is 0.181. The van der Waals surface area contributed by atoms with Gasteiger partial charge in [0.2, 0.25) is 0 Å². The van der Waals surface area contributed by atoms with Gasteiger partial charge in [0, 0.05) is 0 Å². The van der Waals surface area contributed by atoms with E-state index >= 15 is 0 Å². The predicted octanol–water partition coefficient (Wildman–Crippen LogP) is 3.76. The minimum Gasteiger partial charge on any atom is -0.303 e. The first-order valence-corrected chi connectivity index (χ1v) is 5.35. The summed E-state index contributed by atoms with van der Waals surface area (Å²) < 4.78 is 0.977. The molecule has 0 saturated heterocycles. The highest BCUT2D eigenvalue weighted by molar-refractivity contribution is 9.11. The molecule has 1 atom stereocenters. The molecule has 2 N–H and O–H groups in total. The van der Waals surface area contributed by atoms with Crippen molar-refractivity contribution in [3.05, 3.63) is 10.6 Å². The summed E-state index contributed by atoms with van der Waals surface area (Å²) in [5.41, 5.74) is 0.746. The normalized spacial score (nSPS) is 14.0. The first kappa shape index (κ1) is 12.6. The van der Waals surface area contributed by atoms with Gasteiger partial charge in [0.25, 0.3) is 0 Å². The van der Waals surface area contributed by atoms with E-state index in [0.29, 0.717) is 11.4 Å². The zero-order valence-electron chi connectivity index (χ0n) is 8.45. The van der Waals surface area contributed by atoms with E-state index in [1.54, 1.807) is 6.08 Å². The molecular weight excluding hydrogens is 228 g/mol. The maximum atomic E-state index is 7.68. The van der Waals surface area contributed by atoms with Crippen molar-refractivity contribution >= 4 is 27.4 Å². The van der Waals surface area contributed by atoms with Crippen molar-refractivity contribution < 1.29 is 0 Å². The molecule has 0 aliphatic carbocycles. The number of rotatable bonds is 5. The van der Waals surface area contributed by atoms with E-state index in [1.165, 1.54) is 0 Å². The van der Waals surface area contributed by atoms with Gasteiger partial charge in [0.15, 0.2) is 0 Å². The van der Waals surface area contributed by atoms with E-state index in [-0.39, 0.29) is 5.92 Å². The SMILES string of the molecule is CC/C(Br)=C\C(=N)C(=N)C(C)CC. The number of allylic oxidation sites excluding steroid dienone is 2. The molecule has 2 nitrogen and oxygen atoms in total. The second-order valence-electron chi connectivity index (χ2n) is 3.08. The molecule has 0 radical (unpaired) electrons. The van der Waals surface area contributed by atoms with Crippen LogP contribution in [0.15, 0.2) is 10.6 Å². The van der Waals surface area contributed by atoms with Gasteiger partial charge in [-0.15, -0.1) is 0 Å². The third kappa shape index (κ3) is 4.36. The van der Waals surface area contributed by atoms with Gasteiger partial charge in [0.1, 0.15) is 0 Å². The summed E-state index contributed by atoms with van der Waals surface area (Å²) in [6.45, 7) is 6.02. The molecule has 0 aromatic heterocycles. The molecule has 0 spiro atoms. The summed E-state index contributed by atoms with van der Waals surface area (Å²) >= 11 is 3.34. The van der Waals surface area contributed by atoms with Gasteiger partial charge >= 0.3 is 0 Å². The summed E-state index contributed by atoms with van der Waals surface area (Å²) in [7, 11) is 0. The lowest BCUT2D eigenvalue weighted by Crippen LogP contribution is -2.17. The Morgan fingerprint density at radius 3 is 2.31 bits per heavy atom. The van der Waals surface area contributed by atoms with Crippen molar-refractivity contribution in [2.45, 2.75) is 33.6 Å². The second kappa shape index (κ2) is 6.08. The molecule has 0 amide bonds. The van der Waals surface area contributed by atoms with Crippen LogP contribution in [0.5, 0.6) is 0 Å². The molecule has 0 aliphatic rings. The van der Waals surface area contributed by atoms with Crippen LogP contribution in [-0.4, -0.2) is 11.4 Å². The average molecular weight is 245 g/mol. The maximum absolute atomic E-state index is 7.68. The van der Waals surface area contributed by atoms with Crippen molar-refractivity contribution in [2.24, 2.45) is 5.92 Å². The summed E-state index contributed by atoms with van der Waals surface area (Å²) in [6, 6.07) is 0. The number of hydrogen-bond donors (Lipinski definition) is 2. The highest BCUT2D eigenvalue weighted by atomic mass is 79.9. The third-order valence-corrected chi connectivity index (χ3v) is 2.82. The zero-order valence-corrected chi connectivity index (χ0v) is 10.0. The monoisotopic (exact) mass is 244 g/mol. The van der Waals surface area contributed by atoms with Crippen molar-refractivity contribution in [1.29, 1.82) is 10.8 Å². The Morgan fingerprint density at radius 1 is 1.38 bits per heavy atom. The molecule has 0 aliphatic heterocycles. The first-order chi connectivity index (χ1) is 6.02. The van der Waals surface area contributed by atoms with Crippen LogP contribution in [0.3, 0.4) is 0 Å². The van der Waals surface area contributed by atoms with E-state index in [4.69, 9.17) is 10.8 Å². The quantitative estimate of drug-likeness (QED) is 0.693. The molecule has 1 unspecified atom stereocenters. The molecule has 0 rings (SSSR count). The molecule has 0 heterocycles. The summed E-state index contributed by atoms with van der Waals surface area (Å²) in [6.07, 6.45) is 3.50. The van der Waals surface area contributed by atoms with Gasteiger partial charge < -0.3 is 5.41 Å². The number of hydrogen-bond acceptors (Lipinski definition) is 2. The minimum absolute atomic E-state index is 0.181.